The number of benzene rings is 2. The first kappa shape index (κ1) is 12.5. The zero-order chi connectivity index (χ0) is 14.1. The predicted octanol–water partition coefficient (Wildman–Crippen LogP) is 3.62. The molecule has 0 unspecified atom stereocenters. The Bertz CT molecular complexity index is 714. The van der Waals surface area contributed by atoms with Crippen LogP contribution in [0.4, 0.5) is 0 Å². The van der Waals surface area contributed by atoms with Crippen molar-refractivity contribution in [2.75, 3.05) is 7.11 Å². The van der Waals surface area contributed by atoms with Crippen molar-refractivity contribution in [1.29, 1.82) is 0 Å². The van der Waals surface area contributed by atoms with Gasteiger partial charge >= 0.3 is 0 Å². The highest BCUT2D eigenvalue weighted by atomic mass is 16.5. The summed E-state index contributed by atoms with van der Waals surface area (Å²) in [5.74, 6) is 1.46. The normalized spacial score (nSPS) is 15.1. The molecule has 0 atom stereocenters. The average molecular weight is 266 g/mol. The Morgan fingerprint density at radius 3 is 2.75 bits per heavy atom. The van der Waals surface area contributed by atoms with E-state index in [0.29, 0.717) is 22.8 Å². The molecule has 2 aromatic rings. The molecule has 0 radical (unpaired) electrons. The van der Waals surface area contributed by atoms with Crippen LogP contribution >= 0.6 is 0 Å². The Hall–Kier alpha value is -2.55. The second-order valence-corrected chi connectivity index (χ2v) is 4.72. The van der Waals surface area contributed by atoms with Gasteiger partial charge in [-0.1, -0.05) is 29.8 Å². The van der Waals surface area contributed by atoms with Crippen LogP contribution in [0.1, 0.15) is 21.5 Å². The van der Waals surface area contributed by atoms with E-state index >= 15 is 0 Å². The molecule has 100 valence electrons. The summed E-state index contributed by atoms with van der Waals surface area (Å²) in [7, 11) is 1.57. The summed E-state index contributed by atoms with van der Waals surface area (Å²) in [6.07, 6.45) is 1.77. The molecule has 0 aromatic heterocycles. The van der Waals surface area contributed by atoms with Gasteiger partial charge in [0.1, 0.15) is 11.5 Å². The van der Waals surface area contributed by atoms with E-state index in [1.54, 1.807) is 31.4 Å². The van der Waals surface area contributed by atoms with Crippen molar-refractivity contribution < 1.29 is 14.3 Å². The van der Waals surface area contributed by atoms with Gasteiger partial charge in [0.15, 0.2) is 5.76 Å². The maximum Gasteiger partial charge on any atom is 0.232 e. The summed E-state index contributed by atoms with van der Waals surface area (Å²) in [6.45, 7) is 2.01. The quantitative estimate of drug-likeness (QED) is 0.779. The monoisotopic (exact) mass is 266 g/mol. The van der Waals surface area contributed by atoms with E-state index in [4.69, 9.17) is 9.47 Å². The number of Topliss-reactive ketones (excluding diaryl/α,β-unsaturated/α-hetero) is 1. The zero-order valence-electron chi connectivity index (χ0n) is 11.3. The standard InChI is InChI=1S/C17H14O3/c1-11-4-3-5-12(8-11)9-16-17(18)14-10-13(19-2)6-7-15(14)20-16/h3-10H,1-2H3/b16-9-. The highest BCUT2D eigenvalue weighted by Gasteiger charge is 2.27. The number of allylic oxidation sites excluding steroid dienone is 1. The van der Waals surface area contributed by atoms with E-state index < -0.39 is 0 Å². The fraction of sp³-hybridized carbons (Fsp3) is 0.118. The second kappa shape index (κ2) is 4.85. The van der Waals surface area contributed by atoms with E-state index in [1.807, 2.05) is 31.2 Å². The fourth-order valence-corrected chi connectivity index (χ4v) is 2.21. The number of ketones is 1. The number of ether oxygens (including phenoxy) is 2. The third kappa shape index (κ3) is 2.18. The Morgan fingerprint density at radius 1 is 1.15 bits per heavy atom. The van der Waals surface area contributed by atoms with E-state index in [1.165, 1.54) is 0 Å². The maximum atomic E-state index is 12.3. The number of aryl methyl sites for hydroxylation is 1. The highest BCUT2D eigenvalue weighted by molar-refractivity contribution is 6.14. The molecule has 0 amide bonds. The summed E-state index contributed by atoms with van der Waals surface area (Å²) in [6, 6.07) is 13.2. The molecule has 0 fully saturated rings. The van der Waals surface area contributed by atoms with Crippen LogP contribution in [0.5, 0.6) is 11.5 Å². The topological polar surface area (TPSA) is 35.5 Å². The molecule has 0 saturated heterocycles. The van der Waals surface area contributed by atoms with Crippen molar-refractivity contribution in [1.82, 2.24) is 0 Å². The molecular weight excluding hydrogens is 252 g/mol. The van der Waals surface area contributed by atoms with E-state index in [9.17, 15) is 4.79 Å². The lowest BCUT2D eigenvalue weighted by molar-refractivity contribution is 0.101. The van der Waals surface area contributed by atoms with Crippen molar-refractivity contribution in [3.05, 3.63) is 64.9 Å². The zero-order valence-corrected chi connectivity index (χ0v) is 11.3. The van der Waals surface area contributed by atoms with Crippen LogP contribution in [0.3, 0.4) is 0 Å². The molecule has 0 N–H and O–H groups in total. The fourth-order valence-electron chi connectivity index (χ4n) is 2.21. The SMILES string of the molecule is COc1ccc2c(c1)C(=O)/C(=C/c1cccc(C)c1)O2. The first-order chi connectivity index (χ1) is 9.67. The largest absolute Gasteiger partial charge is 0.497 e. The van der Waals surface area contributed by atoms with E-state index in [-0.39, 0.29) is 5.78 Å². The molecule has 1 heterocycles. The van der Waals surface area contributed by atoms with Crippen LogP contribution in [0, 0.1) is 6.92 Å². The van der Waals surface area contributed by atoms with Gasteiger partial charge in [0, 0.05) is 0 Å². The predicted molar refractivity (Wildman–Crippen MR) is 77.1 cm³/mol. The lowest BCUT2D eigenvalue weighted by Gasteiger charge is -2.00. The summed E-state index contributed by atoms with van der Waals surface area (Å²) in [5.41, 5.74) is 2.64. The minimum atomic E-state index is -0.111. The second-order valence-electron chi connectivity index (χ2n) is 4.72. The third-order valence-electron chi connectivity index (χ3n) is 3.21. The van der Waals surface area contributed by atoms with Crippen molar-refractivity contribution in [2.24, 2.45) is 0 Å². The molecular formula is C17H14O3. The highest BCUT2D eigenvalue weighted by Crippen LogP contribution is 2.34. The molecule has 0 spiro atoms. The molecule has 1 aliphatic heterocycles. The van der Waals surface area contributed by atoms with Crippen LogP contribution in [0.15, 0.2) is 48.2 Å². The number of carbonyl (C=O) groups excluding carboxylic acids is 1. The number of carbonyl (C=O) groups is 1. The lowest BCUT2D eigenvalue weighted by atomic mass is 10.1. The summed E-state index contributed by atoms with van der Waals surface area (Å²) in [4.78, 5) is 12.3. The summed E-state index contributed by atoms with van der Waals surface area (Å²) in [5, 5.41) is 0. The van der Waals surface area contributed by atoms with Gasteiger partial charge in [0.05, 0.1) is 12.7 Å². The van der Waals surface area contributed by atoms with Crippen LogP contribution in [0.25, 0.3) is 6.08 Å². The number of hydrogen-bond donors (Lipinski definition) is 0. The molecule has 0 aliphatic carbocycles. The van der Waals surface area contributed by atoms with Gasteiger partial charge in [0.2, 0.25) is 5.78 Å². The number of rotatable bonds is 2. The Labute approximate surface area is 117 Å². The molecule has 3 rings (SSSR count). The average Bonchev–Trinajstić information content (AvgIpc) is 2.75. The smallest absolute Gasteiger partial charge is 0.232 e. The Kier molecular flexibility index (Phi) is 3.03. The molecule has 20 heavy (non-hydrogen) atoms. The van der Waals surface area contributed by atoms with Crippen molar-refractivity contribution >= 4 is 11.9 Å². The molecule has 0 saturated carbocycles. The van der Waals surface area contributed by atoms with E-state index in [2.05, 4.69) is 0 Å². The van der Waals surface area contributed by atoms with Crippen LogP contribution < -0.4 is 9.47 Å². The van der Waals surface area contributed by atoms with Gasteiger partial charge in [0.25, 0.3) is 0 Å². The van der Waals surface area contributed by atoms with Gasteiger partial charge in [-0.2, -0.15) is 0 Å². The molecule has 0 bridgehead atoms. The minimum absolute atomic E-state index is 0.111. The van der Waals surface area contributed by atoms with Crippen LogP contribution in [0.2, 0.25) is 0 Å². The number of methoxy groups -OCH3 is 1. The van der Waals surface area contributed by atoms with Gasteiger partial charge in [-0.3, -0.25) is 4.79 Å². The molecule has 2 aromatic carbocycles. The minimum Gasteiger partial charge on any atom is -0.497 e. The molecule has 3 nitrogen and oxygen atoms in total. The van der Waals surface area contributed by atoms with Crippen LogP contribution in [-0.2, 0) is 0 Å². The van der Waals surface area contributed by atoms with Gasteiger partial charge in [-0.25, -0.2) is 0 Å². The van der Waals surface area contributed by atoms with Gasteiger partial charge < -0.3 is 9.47 Å². The lowest BCUT2D eigenvalue weighted by Crippen LogP contribution is -1.98. The summed E-state index contributed by atoms with van der Waals surface area (Å²) < 4.78 is 10.7. The maximum absolute atomic E-state index is 12.3. The van der Waals surface area contributed by atoms with Crippen LogP contribution in [-0.4, -0.2) is 12.9 Å². The van der Waals surface area contributed by atoms with Crippen molar-refractivity contribution in [3.63, 3.8) is 0 Å². The van der Waals surface area contributed by atoms with Crippen molar-refractivity contribution in [3.8, 4) is 11.5 Å². The molecule has 3 heteroatoms. The van der Waals surface area contributed by atoms with Crippen molar-refractivity contribution in [2.45, 2.75) is 6.92 Å². The number of fused-ring (bicyclic) bond motifs is 1. The van der Waals surface area contributed by atoms with Gasteiger partial charge in [-0.05, 0) is 36.8 Å². The Balaban J connectivity index is 1.97. The van der Waals surface area contributed by atoms with E-state index in [0.717, 1.165) is 11.1 Å². The third-order valence-corrected chi connectivity index (χ3v) is 3.21. The first-order valence-corrected chi connectivity index (χ1v) is 6.36. The molecule has 1 aliphatic rings. The van der Waals surface area contributed by atoms with Gasteiger partial charge in [-0.15, -0.1) is 0 Å². The first-order valence-electron chi connectivity index (χ1n) is 6.36. The Morgan fingerprint density at radius 2 is 2.00 bits per heavy atom. The number of hydrogen-bond acceptors (Lipinski definition) is 3. The summed E-state index contributed by atoms with van der Waals surface area (Å²) >= 11 is 0.